The van der Waals surface area contributed by atoms with Crippen molar-refractivity contribution in [3.05, 3.63) is 29.8 Å². The predicted octanol–water partition coefficient (Wildman–Crippen LogP) is 4.12. The van der Waals surface area contributed by atoms with E-state index in [4.69, 9.17) is 0 Å². The molecule has 0 amide bonds. The zero-order valence-corrected chi connectivity index (χ0v) is 15.1. The molecule has 3 rings (SSSR count). The van der Waals surface area contributed by atoms with Gasteiger partial charge in [-0.2, -0.15) is 17.6 Å². The summed E-state index contributed by atoms with van der Waals surface area (Å²) in [4.78, 5) is 2.23. The Bertz CT molecular complexity index is 541. The number of benzene rings is 1. The van der Waals surface area contributed by atoms with E-state index in [1.807, 2.05) is 0 Å². The Balaban J connectivity index is 0.00000156. The second kappa shape index (κ2) is 9.26. The van der Waals surface area contributed by atoms with Crippen molar-refractivity contribution in [2.24, 2.45) is 5.92 Å². The molecule has 1 aliphatic carbocycles. The molecule has 1 aromatic rings. The Hall–Kier alpha value is -0.760. The van der Waals surface area contributed by atoms with E-state index in [2.05, 4.69) is 15.0 Å². The normalized spacial score (nSPS) is 19.7. The van der Waals surface area contributed by atoms with Gasteiger partial charge in [-0.05, 0) is 24.8 Å². The fourth-order valence-corrected chi connectivity index (χ4v) is 3.13. The highest BCUT2D eigenvalue weighted by Gasteiger charge is 2.45. The van der Waals surface area contributed by atoms with Gasteiger partial charge in [0.15, 0.2) is 0 Å². The molecule has 1 N–H and O–H groups in total. The molecule has 2 aliphatic rings. The van der Waals surface area contributed by atoms with Crippen LogP contribution in [0.3, 0.4) is 0 Å². The Labute approximate surface area is 156 Å². The van der Waals surface area contributed by atoms with Gasteiger partial charge in [-0.3, -0.25) is 4.90 Å². The zero-order chi connectivity index (χ0) is 16.4. The number of hydrogen-bond donors (Lipinski definition) is 1. The van der Waals surface area contributed by atoms with Crippen LogP contribution in [0.2, 0.25) is 0 Å². The van der Waals surface area contributed by atoms with Crippen LogP contribution in [0, 0.1) is 5.92 Å². The molecule has 0 unspecified atom stereocenters. The maximum atomic E-state index is 13.3. The lowest BCUT2D eigenvalue weighted by Gasteiger charge is -2.36. The minimum atomic E-state index is -4.48. The second-order valence-electron chi connectivity index (χ2n) is 6.07. The van der Waals surface area contributed by atoms with E-state index in [1.54, 1.807) is 12.1 Å². The number of piperazine rings is 1. The number of para-hydroxylation sites is 1. The molecule has 1 saturated heterocycles. The van der Waals surface area contributed by atoms with Gasteiger partial charge < -0.3 is 10.1 Å². The number of alkyl halides is 4. The zero-order valence-electron chi connectivity index (χ0n) is 13.5. The summed E-state index contributed by atoms with van der Waals surface area (Å²) in [6.45, 7) is 3.28. The summed E-state index contributed by atoms with van der Waals surface area (Å²) in [7, 11) is 0. The third kappa shape index (κ3) is 5.36. The first kappa shape index (κ1) is 22.3. The van der Waals surface area contributed by atoms with Crippen LogP contribution in [0.1, 0.15) is 24.4 Å². The molecule has 1 saturated carbocycles. The van der Waals surface area contributed by atoms with Crippen LogP contribution < -0.4 is 10.1 Å². The lowest BCUT2D eigenvalue weighted by atomic mass is 9.98. The van der Waals surface area contributed by atoms with Crippen LogP contribution in [0.4, 0.5) is 17.6 Å². The molecule has 1 aliphatic heterocycles. The molecular weight excluding hydrogens is 383 g/mol. The van der Waals surface area contributed by atoms with Gasteiger partial charge in [0.25, 0.3) is 0 Å². The summed E-state index contributed by atoms with van der Waals surface area (Å²) in [5.41, 5.74) is 0.581. The Morgan fingerprint density at radius 3 is 2.24 bits per heavy atom. The summed E-state index contributed by atoms with van der Waals surface area (Å²) in [5.74, 6) is 0.228. The minimum absolute atomic E-state index is 0. The topological polar surface area (TPSA) is 24.5 Å². The van der Waals surface area contributed by atoms with E-state index in [0.29, 0.717) is 11.5 Å². The highest BCUT2D eigenvalue weighted by molar-refractivity contribution is 5.85. The Morgan fingerprint density at radius 2 is 1.68 bits per heavy atom. The Morgan fingerprint density at radius 1 is 1.08 bits per heavy atom. The number of halogens is 6. The molecule has 1 heterocycles. The van der Waals surface area contributed by atoms with Crippen LogP contribution >= 0.6 is 24.8 Å². The van der Waals surface area contributed by atoms with Crippen molar-refractivity contribution in [2.45, 2.75) is 31.4 Å². The summed E-state index contributed by atoms with van der Waals surface area (Å²) in [6, 6.07) is 6.27. The van der Waals surface area contributed by atoms with Crippen molar-refractivity contribution >= 4 is 24.8 Å². The van der Waals surface area contributed by atoms with E-state index in [0.717, 1.165) is 39.0 Å². The van der Waals surface area contributed by atoms with Crippen LogP contribution in [0.5, 0.6) is 5.75 Å². The monoisotopic (exact) mass is 404 g/mol. The smallest absolute Gasteiger partial charge is 0.428 e. The molecule has 3 nitrogen and oxygen atoms in total. The van der Waals surface area contributed by atoms with Crippen molar-refractivity contribution in [3.8, 4) is 5.75 Å². The van der Waals surface area contributed by atoms with Crippen molar-refractivity contribution in [2.75, 3.05) is 26.2 Å². The van der Waals surface area contributed by atoms with Gasteiger partial charge in [0, 0.05) is 37.8 Å². The highest BCUT2D eigenvalue weighted by Crippen LogP contribution is 2.47. The van der Waals surface area contributed by atoms with E-state index in [9.17, 15) is 17.6 Å². The van der Waals surface area contributed by atoms with Gasteiger partial charge in [0.05, 0.1) is 0 Å². The van der Waals surface area contributed by atoms with Gasteiger partial charge in [-0.15, -0.1) is 24.8 Å². The third-order valence-electron chi connectivity index (χ3n) is 4.35. The highest BCUT2D eigenvalue weighted by atomic mass is 35.5. The predicted molar refractivity (Wildman–Crippen MR) is 92.4 cm³/mol. The van der Waals surface area contributed by atoms with Gasteiger partial charge in [-0.25, -0.2) is 0 Å². The van der Waals surface area contributed by atoms with Crippen LogP contribution in [0.15, 0.2) is 24.3 Å². The van der Waals surface area contributed by atoms with Crippen molar-refractivity contribution in [3.63, 3.8) is 0 Å². The van der Waals surface area contributed by atoms with Crippen LogP contribution in [0.25, 0.3) is 0 Å². The summed E-state index contributed by atoms with van der Waals surface area (Å²) in [6.07, 6.45) is -6.29. The van der Waals surface area contributed by atoms with Crippen molar-refractivity contribution in [1.82, 2.24) is 10.2 Å². The minimum Gasteiger partial charge on any atom is -0.428 e. The number of hydrogen-bond acceptors (Lipinski definition) is 3. The molecule has 0 aromatic heterocycles. The Kier molecular flexibility index (Phi) is 8.25. The molecule has 1 aromatic carbocycles. The standard InChI is InChI=1S/C16H20F4N2O.2ClH/c17-15(18)16(19,20)23-13-4-2-1-3-12(13)14(11-5-6-11)22-9-7-21-8-10-22;;/h1-4,11,14-15,21H,5-10H2;2*1H/t14-;;/m1../s1. The van der Waals surface area contributed by atoms with Crippen LogP contribution in [-0.2, 0) is 0 Å². The lowest BCUT2D eigenvalue weighted by Crippen LogP contribution is -2.46. The van der Waals surface area contributed by atoms with Gasteiger partial charge in [0.2, 0.25) is 0 Å². The van der Waals surface area contributed by atoms with Gasteiger partial charge in [0.1, 0.15) is 5.75 Å². The molecule has 144 valence electrons. The summed E-state index contributed by atoms with van der Waals surface area (Å²) < 4.78 is 56.0. The van der Waals surface area contributed by atoms with Crippen molar-refractivity contribution < 1.29 is 22.3 Å². The van der Waals surface area contributed by atoms with Gasteiger partial charge >= 0.3 is 12.5 Å². The molecule has 0 bridgehead atoms. The number of nitrogens with zero attached hydrogens (tertiary/aromatic N) is 1. The second-order valence-corrected chi connectivity index (χ2v) is 6.07. The maximum Gasteiger partial charge on any atom is 0.461 e. The molecule has 0 radical (unpaired) electrons. The lowest BCUT2D eigenvalue weighted by molar-refractivity contribution is -0.253. The molecule has 25 heavy (non-hydrogen) atoms. The first-order chi connectivity index (χ1) is 11.0. The fraction of sp³-hybridized carbons (Fsp3) is 0.625. The van der Waals surface area contributed by atoms with E-state index in [-0.39, 0.29) is 36.6 Å². The van der Waals surface area contributed by atoms with Gasteiger partial charge in [-0.1, -0.05) is 18.2 Å². The maximum absolute atomic E-state index is 13.3. The fourth-order valence-electron chi connectivity index (χ4n) is 3.13. The number of rotatable bonds is 6. The van der Waals surface area contributed by atoms with Crippen LogP contribution in [-0.4, -0.2) is 43.6 Å². The van der Waals surface area contributed by atoms with E-state index in [1.165, 1.54) is 12.1 Å². The third-order valence-corrected chi connectivity index (χ3v) is 4.35. The van der Waals surface area contributed by atoms with E-state index < -0.39 is 12.5 Å². The SMILES string of the molecule is Cl.Cl.FC(F)C(F)(F)Oc1ccccc1[C@@H](C1CC1)N1CCNCC1. The largest absolute Gasteiger partial charge is 0.461 e. The first-order valence-corrected chi connectivity index (χ1v) is 7.87. The molecule has 2 fully saturated rings. The summed E-state index contributed by atoms with van der Waals surface area (Å²) >= 11 is 0. The van der Waals surface area contributed by atoms with E-state index >= 15 is 0 Å². The molecule has 9 heteroatoms. The first-order valence-electron chi connectivity index (χ1n) is 7.87. The summed E-state index contributed by atoms with van der Waals surface area (Å²) in [5, 5.41) is 3.26. The average molecular weight is 405 g/mol. The molecular formula is C16H22Cl2F4N2O. The average Bonchev–Trinajstić information content (AvgIpc) is 3.35. The molecule has 0 spiro atoms. The quantitative estimate of drug-likeness (QED) is 0.721. The van der Waals surface area contributed by atoms with Crippen molar-refractivity contribution in [1.29, 1.82) is 0 Å². The number of ether oxygens (including phenoxy) is 1. The molecule has 1 atom stereocenters. The number of nitrogens with one attached hydrogen (secondary N) is 1.